The fourth-order valence-corrected chi connectivity index (χ4v) is 2.39. The van der Waals surface area contributed by atoms with Gasteiger partial charge in [0.15, 0.2) is 0 Å². The third kappa shape index (κ3) is 5.23. The molecule has 4 nitrogen and oxygen atoms in total. The Labute approximate surface area is 143 Å². The number of hydrogen-bond donors (Lipinski definition) is 2. The highest BCUT2D eigenvalue weighted by Gasteiger charge is 2.19. The Morgan fingerprint density at radius 3 is 2.08 bits per heavy atom. The first kappa shape index (κ1) is 17.7. The minimum Gasteiger partial charge on any atom is -0.354 e. The molecule has 2 aromatic carbocycles. The number of hydrogen-bond acceptors (Lipinski definition) is 2. The Hall–Kier alpha value is -2.62. The van der Waals surface area contributed by atoms with E-state index in [1.54, 1.807) is 12.1 Å². The van der Waals surface area contributed by atoms with E-state index in [0.717, 1.165) is 12.0 Å². The molecule has 0 heterocycles. The van der Waals surface area contributed by atoms with Crippen molar-refractivity contribution < 1.29 is 9.59 Å². The van der Waals surface area contributed by atoms with Crippen molar-refractivity contribution in [2.45, 2.75) is 38.8 Å². The van der Waals surface area contributed by atoms with Gasteiger partial charge < -0.3 is 10.6 Å². The zero-order valence-electron chi connectivity index (χ0n) is 14.2. The monoisotopic (exact) mass is 324 g/mol. The summed E-state index contributed by atoms with van der Waals surface area (Å²) >= 11 is 0. The van der Waals surface area contributed by atoms with E-state index in [0.29, 0.717) is 5.56 Å². The van der Waals surface area contributed by atoms with Crippen LogP contribution in [0.15, 0.2) is 60.7 Å². The molecule has 24 heavy (non-hydrogen) atoms. The van der Waals surface area contributed by atoms with Crippen LogP contribution in [0.2, 0.25) is 0 Å². The number of amides is 2. The van der Waals surface area contributed by atoms with Crippen LogP contribution in [-0.2, 0) is 4.79 Å². The maximum Gasteiger partial charge on any atom is 0.251 e. The molecule has 2 atom stereocenters. The predicted molar refractivity (Wildman–Crippen MR) is 95.6 cm³/mol. The largest absolute Gasteiger partial charge is 0.354 e. The molecule has 0 saturated heterocycles. The van der Waals surface area contributed by atoms with Crippen LogP contribution in [0.3, 0.4) is 0 Å². The van der Waals surface area contributed by atoms with E-state index in [4.69, 9.17) is 0 Å². The molecule has 0 aliphatic heterocycles. The molecule has 0 aromatic heterocycles. The second-order valence-corrected chi connectivity index (χ2v) is 5.88. The lowest BCUT2D eigenvalue weighted by molar-refractivity contribution is -0.122. The Balaban J connectivity index is 2.12. The van der Waals surface area contributed by atoms with Gasteiger partial charge in [0.25, 0.3) is 5.91 Å². The normalized spacial score (nSPS) is 12.9. The highest BCUT2D eigenvalue weighted by molar-refractivity contribution is 5.94. The summed E-state index contributed by atoms with van der Waals surface area (Å²) in [5.74, 6) is -0.243. The van der Waals surface area contributed by atoms with Gasteiger partial charge in [-0.15, -0.1) is 0 Å². The molecule has 2 aromatic rings. The molecule has 2 amide bonds. The molecule has 0 fully saturated rings. The summed E-state index contributed by atoms with van der Waals surface area (Å²) in [6.45, 7) is 3.99. The van der Waals surface area contributed by atoms with Gasteiger partial charge >= 0.3 is 0 Å². The van der Waals surface area contributed by atoms with Crippen molar-refractivity contribution >= 4 is 11.8 Å². The van der Waals surface area contributed by atoms with Crippen molar-refractivity contribution in [2.24, 2.45) is 0 Å². The van der Waals surface area contributed by atoms with Crippen LogP contribution in [0.5, 0.6) is 0 Å². The predicted octanol–water partition coefficient (Wildman–Crippen LogP) is 3.46. The first-order valence-corrected chi connectivity index (χ1v) is 8.30. The van der Waals surface area contributed by atoms with Crippen molar-refractivity contribution in [1.82, 2.24) is 10.6 Å². The molecule has 4 heteroatoms. The molecule has 0 radical (unpaired) electrons. The zero-order chi connectivity index (χ0) is 17.4. The van der Waals surface area contributed by atoms with Crippen LogP contribution in [0.4, 0.5) is 0 Å². The van der Waals surface area contributed by atoms with Crippen LogP contribution in [0.1, 0.15) is 48.7 Å². The minimum absolute atomic E-state index is 0.0634. The smallest absolute Gasteiger partial charge is 0.251 e. The Morgan fingerprint density at radius 1 is 0.917 bits per heavy atom. The second kappa shape index (κ2) is 8.87. The van der Waals surface area contributed by atoms with Crippen LogP contribution in [0, 0.1) is 0 Å². The van der Waals surface area contributed by atoms with Crippen molar-refractivity contribution in [2.75, 3.05) is 0 Å². The number of nitrogens with one attached hydrogen (secondary N) is 2. The average molecular weight is 324 g/mol. The molecule has 0 bridgehead atoms. The molecule has 2 unspecified atom stereocenters. The third-order valence-corrected chi connectivity index (χ3v) is 3.95. The lowest BCUT2D eigenvalue weighted by atomic mass is 10.0. The summed E-state index contributed by atoms with van der Waals surface area (Å²) in [5, 5.41) is 5.92. The fourth-order valence-electron chi connectivity index (χ4n) is 2.39. The van der Waals surface area contributed by atoms with Gasteiger partial charge in [-0.3, -0.25) is 9.59 Å². The second-order valence-electron chi connectivity index (χ2n) is 5.88. The molecule has 0 saturated carbocycles. The van der Waals surface area contributed by atoms with Crippen molar-refractivity contribution in [3.05, 3.63) is 71.8 Å². The average Bonchev–Trinajstić information content (AvgIpc) is 2.62. The number of rotatable bonds is 7. The van der Waals surface area contributed by atoms with Gasteiger partial charge in [0.2, 0.25) is 5.91 Å². The van der Waals surface area contributed by atoms with Gasteiger partial charge in [-0.05, 0) is 31.0 Å². The van der Waals surface area contributed by atoms with Crippen molar-refractivity contribution in [3.63, 3.8) is 0 Å². The summed E-state index contributed by atoms with van der Waals surface area (Å²) < 4.78 is 0. The lowest BCUT2D eigenvalue weighted by Crippen LogP contribution is -2.37. The van der Waals surface area contributed by atoms with Gasteiger partial charge in [-0.25, -0.2) is 0 Å². The van der Waals surface area contributed by atoms with Crippen LogP contribution in [-0.4, -0.2) is 17.9 Å². The Morgan fingerprint density at radius 2 is 1.50 bits per heavy atom. The number of benzene rings is 2. The maximum atomic E-state index is 12.4. The van der Waals surface area contributed by atoms with Gasteiger partial charge in [0.1, 0.15) is 0 Å². The highest BCUT2D eigenvalue weighted by atomic mass is 16.2. The van der Waals surface area contributed by atoms with E-state index in [1.165, 1.54) is 0 Å². The molecular weight excluding hydrogens is 300 g/mol. The van der Waals surface area contributed by atoms with E-state index >= 15 is 0 Å². The molecule has 0 aliphatic rings. The van der Waals surface area contributed by atoms with E-state index in [9.17, 15) is 9.59 Å². The molecule has 126 valence electrons. The molecule has 2 N–H and O–H groups in total. The first-order valence-electron chi connectivity index (χ1n) is 8.30. The fraction of sp³-hybridized carbons (Fsp3) is 0.300. The highest BCUT2D eigenvalue weighted by Crippen LogP contribution is 2.17. The summed E-state index contributed by atoms with van der Waals surface area (Å²) in [6.07, 6.45) is 1.09. The summed E-state index contributed by atoms with van der Waals surface area (Å²) in [6, 6.07) is 18.4. The third-order valence-electron chi connectivity index (χ3n) is 3.95. The van der Waals surface area contributed by atoms with E-state index in [-0.39, 0.29) is 30.3 Å². The Bertz CT molecular complexity index is 656. The van der Waals surface area contributed by atoms with Crippen molar-refractivity contribution in [3.8, 4) is 0 Å². The lowest BCUT2D eigenvalue weighted by Gasteiger charge is -2.20. The quantitative estimate of drug-likeness (QED) is 0.819. The topological polar surface area (TPSA) is 58.2 Å². The molecular formula is C20H24N2O2. The van der Waals surface area contributed by atoms with Gasteiger partial charge in [-0.2, -0.15) is 0 Å². The van der Waals surface area contributed by atoms with E-state index in [2.05, 4.69) is 10.6 Å². The van der Waals surface area contributed by atoms with Crippen LogP contribution >= 0.6 is 0 Å². The van der Waals surface area contributed by atoms with Gasteiger partial charge in [-0.1, -0.05) is 55.5 Å². The van der Waals surface area contributed by atoms with E-state index < -0.39 is 0 Å². The standard InChI is InChI=1S/C20H24N2O2/c1-3-15(2)21-19(23)14-18(16-10-6-4-7-11-16)22-20(24)17-12-8-5-9-13-17/h4-13,15,18H,3,14H2,1-2H3,(H,21,23)(H,22,24). The summed E-state index contributed by atoms with van der Waals surface area (Å²) in [7, 11) is 0. The SMILES string of the molecule is CCC(C)NC(=O)CC(NC(=O)c1ccccc1)c1ccccc1. The number of carbonyl (C=O) groups excluding carboxylic acids is 2. The minimum atomic E-state index is -0.358. The Kier molecular flexibility index (Phi) is 6.55. The van der Waals surface area contributed by atoms with Crippen LogP contribution in [0.25, 0.3) is 0 Å². The zero-order valence-corrected chi connectivity index (χ0v) is 14.2. The van der Waals surface area contributed by atoms with Crippen molar-refractivity contribution in [1.29, 1.82) is 0 Å². The molecule has 0 aliphatic carbocycles. The first-order chi connectivity index (χ1) is 11.6. The number of carbonyl (C=O) groups is 2. The van der Waals surface area contributed by atoms with Gasteiger partial charge in [0.05, 0.1) is 12.5 Å². The molecule has 2 rings (SSSR count). The summed E-state index contributed by atoms with van der Waals surface area (Å²) in [5.41, 5.74) is 1.50. The maximum absolute atomic E-state index is 12.4. The van der Waals surface area contributed by atoms with Gasteiger partial charge in [0, 0.05) is 11.6 Å². The van der Waals surface area contributed by atoms with E-state index in [1.807, 2.05) is 62.4 Å². The van der Waals surface area contributed by atoms with Crippen LogP contribution < -0.4 is 10.6 Å². The molecule has 0 spiro atoms. The summed E-state index contributed by atoms with van der Waals surface area (Å²) in [4.78, 5) is 24.7.